The molecule has 1 N–H and O–H groups in total. The van der Waals surface area contributed by atoms with Crippen molar-refractivity contribution in [2.24, 2.45) is 0 Å². The molecule has 2 aromatic heterocycles. The normalized spacial score (nSPS) is 19.0. The van der Waals surface area contributed by atoms with Gasteiger partial charge in [-0.25, -0.2) is 4.98 Å². The van der Waals surface area contributed by atoms with Crippen LogP contribution < -0.4 is 5.32 Å². The number of aryl methyl sites for hydroxylation is 1. The van der Waals surface area contributed by atoms with Crippen molar-refractivity contribution in [1.29, 1.82) is 0 Å². The lowest BCUT2D eigenvalue weighted by atomic mass is 10.0. The first-order valence-electron chi connectivity index (χ1n) is 7.54. The quantitative estimate of drug-likeness (QED) is 0.932. The Kier molecular flexibility index (Phi) is 4.48. The van der Waals surface area contributed by atoms with Crippen molar-refractivity contribution in [2.75, 3.05) is 13.1 Å². The molecule has 1 saturated heterocycles. The lowest BCUT2D eigenvalue weighted by molar-refractivity contribution is 0.0895. The first-order valence-corrected chi connectivity index (χ1v) is 7.54. The Morgan fingerprint density at radius 3 is 3.18 bits per heavy atom. The molecular weight excluding hydrogens is 280 g/mol. The predicted molar refractivity (Wildman–Crippen MR) is 81.2 cm³/mol. The van der Waals surface area contributed by atoms with Crippen molar-refractivity contribution in [1.82, 2.24) is 20.2 Å². The van der Waals surface area contributed by atoms with Gasteiger partial charge in [0.15, 0.2) is 12.1 Å². The molecule has 0 aliphatic carbocycles. The van der Waals surface area contributed by atoms with E-state index in [4.69, 9.17) is 4.42 Å². The summed E-state index contributed by atoms with van der Waals surface area (Å²) in [6.07, 6.45) is 7.04. The number of hydrogen-bond acceptors (Lipinski definition) is 5. The molecule has 3 heterocycles. The molecule has 1 aliphatic heterocycles. The second-order valence-corrected chi connectivity index (χ2v) is 5.67. The molecule has 6 nitrogen and oxygen atoms in total. The smallest absolute Gasteiger partial charge is 0.273 e. The first-order chi connectivity index (χ1) is 10.7. The topological polar surface area (TPSA) is 71.3 Å². The summed E-state index contributed by atoms with van der Waals surface area (Å²) in [4.78, 5) is 22.7. The van der Waals surface area contributed by atoms with E-state index in [-0.39, 0.29) is 11.9 Å². The predicted octanol–water partition coefficient (Wildman–Crippen LogP) is 1.77. The standard InChI is InChI=1S/C16H20N4O2/c1-12-15(18-11-22-12)16(21)19-14-5-3-7-20(10-14)9-13-4-2-6-17-8-13/h2,4,6,8,11,14H,3,5,7,9-10H2,1H3,(H,19,21)/t14-/m1/s1. The number of piperidine rings is 1. The summed E-state index contributed by atoms with van der Waals surface area (Å²) >= 11 is 0. The molecule has 3 rings (SSSR count). The lowest BCUT2D eigenvalue weighted by Gasteiger charge is -2.33. The summed E-state index contributed by atoms with van der Waals surface area (Å²) < 4.78 is 5.09. The van der Waals surface area contributed by atoms with Gasteiger partial charge in [-0.1, -0.05) is 6.07 Å². The molecule has 1 aliphatic rings. The number of aromatic nitrogens is 2. The van der Waals surface area contributed by atoms with Gasteiger partial charge < -0.3 is 9.73 Å². The Balaban J connectivity index is 1.57. The van der Waals surface area contributed by atoms with E-state index < -0.39 is 0 Å². The van der Waals surface area contributed by atoms with Gasteiger partial charge in [0, 0.05) is 31.5 Å². The van der Waals surface area contributed by atoms with Crippen molar-refractivity contribution in [3.05, 3.63) is 47.9 Å². The average molecular weight is 300 g/mol. The number of pyridine rings is 1. The van der Waals surface area contributed by atoms with Crippen molar-refractivity contribution in [3.8, 4) is 0 Å². The minimum atomic E-state index is -0.153. The van der Waals surface area contributed by atoms with Crippen molar-refractivity contribution < 1.29 is 9.21 Å². The Bertz CT molecular complexity index is 626. The number of nitrogens with one attached hydrogen (secondary N) is 1. The molecule has 0 saturated carbocycles. The second kappa shape index (κ2) is 6.70. The van der Waals surface area contributed by atoms with Gasteiger partial charge in [0.2, 0.25) is 0 Å². The van der Waals surface area contributed by atoms with Crippen LogP contribution in [0.5, 0.6) is 0 Å². The molecule has 1 amide bonds. The maximum absolute atomic E-state index is 12.2. The van der Waals surface area contributed by atoms with Gasteiger partial charge in [-0.15, -0.1) is 0 Å². The van der Waals surface area contributed by atoms with Gasteiger partial charge in [-0.05, 0) is 37.9 Å². The van der Waals surface area contributed by atoms with Crippen LogP contribution in [0.2, 0.25) is 0 Å². The van der Waals surface area contributed by atoms with Crippen LogP contribution in [0.4, 0.5) is 0 Å². The summed E-state index contributed by atoms with van der Waals surface area (Å²) in [6.45, 7) is 4.50. The van der Waals surface area contributed by atoms with Gasteiger partial charge in [0.25, 0.3) is 5.91 Å². The van der Waals surface area contributed by atoms with E-state index in [0.29, 0.717) is 11.5 Å². The fourth-order valence-corrected chi connectivity index (χ4v) is 2.84. The molecule has 0 bridgehead atoms. The Morgan fingerprint density at radius 2 is 2.45 bits per heavy atom. The van der Waals surface area contributed by atoms with E-state index in [0.717, 1.165) is 32.5 Å². The molecule has 0 spiro atoms. The van der Waals surface area contributed by atoms with Crippen LogP contribution in [0, 0.1) is 6.92 Å². The number of amides is 1. The van der Waals surface area contributed by atoms with Crippen molar-refractivity contribution in [2.45, 2.75) is 32.4 Å². The SMILES string of the molecule is Cc1ocnc1C(=O)N[C@@H]1CCCN(Cc2cccnc2)C1. The highest BCUT2D eigenvalue weighted by molar-refractivity contribution is 5.93. The first kappa shape index (κ1) is 14.7. The molecular formula is C16H20N4O2. The molecule has 0 unspecified atom stereocenters. The minimum Gasteiger partial charge on any atom is -0.448 e. The van der Waals surface area contributed by atoms with E-state index in [1.807, 2.05) is 12.3 Å². The van der Waals surface area contributed by atoms with E-state index in [9.17, 15) is 4.79 Å². The number of hydrogen-bond donors (Lipinski definition) is 1. The number of likely N-dealkylation sites (tertiary alicyclic amines) is 1. The highest BCUT2D eigenvalue weighted by Gasteiger charge is 2.23. The van der Waals surface area contributed by atoms with E-state index in [2.05, 4.69) is 26.3 Å². The molecule has 0 radical (unpaired) electrons. The molecule has 1 fully saturated rings. The van der Waals surface area contributed by atoms with Gasteiger partial charge in [-0.2, -0.15) is 0 Å². The zero-order valence-electron chi connectivity index (χ0n) is 12.7. The van der Waals surface area contributed by atoms with Gasteiger partial charge in [-0.3, -0.25) is 14.7 Å². The van der Waals surface area contributed by atoms with E-state index >= 15 is 0 Å². The highest BCUT2D eigenvalue weighted by Crippen LogP contribution is 2.14. The highest BCUT2D eigenvalue weighted by atomic mass is 16.3. The number of carbonyl (C=O) groups excluding carboxylic acids is 1. The third-order valence-corrected chi connectivity index (χ3v) is 3.93. The molecule has 116 valence electrons. The third-order valence-electron chi connectivity index (χ3n) is 3.93. The largest absolute Gasteiger partial charge is 0.448 e. The summed E-state index contributed by atoms with van der Waals surface area (Å²) in [7, 11) is 0. The third kappa shape index (κ3) is 3.51. The van der Waals surface area contributed by atoms with Crippen LogP contribution in [-0.2, 0) is 6.54 Å². The summed E-state index contributed by atoms with van der Waals surface area (Å²) in [6, 6.07) is 4.17. The zero-order chi connectivity index (χ0) is 15.4. The lowest BCUT2D eigenvalue weighted by Crippen LogP contribution is -2.47. The second-order valence-electron chi connectivity index (χ2n) is 5.67. The van der Waals surface area contributed by atoms with Crippen LogP contribution in [0.3, 0.4) is 0 Å². The number of rotatable bonds is 4. The van der Waals surface area contributed by atoms with Crippen molar-refractivity contribution in [3.63, 3.8) is 0 Å². The molecule has 0 aromatic carbocycles. The Labute approximate surface area is 129 Å². The maximum Gasteiger partial charge on any atom is 0.273 e. The molecule has 6 heteroatoms. The van der Waals surface area contributed by atoms with Crippen LogP contribution in [0.15, 0.2) is 35.3 Å². The van der Waals surface area contributed by atoms with Crippen LogP contribution >= 0.6 is 0 Å². The van der Waals surface area contributed by atoms with Gasteiger partial charge in [0.1, 0.15) is 5.76 Å². The Hall–Kier alpha value is -2.21. The van der Waals surface area contributed by atoms with Crippen LogP contribution in [0.1, 0.15) is 34.7 Å². The number of oxazole rings is 1. The average Bonchev–Trinajstić information content (AvgIpc) is 2.95. The minimum absolute atomic E-state index is 0.147. The van der Waals surface area contributed by atoms with Gasteiger partial charge in [0.05, 0.1) is 0 Å². The fraction of sp³-hybridized carbons (Fsp3) is 0.438. The fourth-order valence-electron chi connectivity index (χ4n) is 2.84. The molecule has 22 heavy (non-hydrogen) atoms. The van der Waals surface area contributed by atoms with E-state index in [1.165, 1.54) is 12.0 Å². The van der Waals surface area contributed by atoms with Crippen LogP contribution in [0.25, 0.3) is 0 Å². The summed E-state index contributed by atoms with van der Waals surface area (Å²) in [5.41, 5.74) is 1.58. The molecule has 2 aromatic rings. The number of nitrogens with zero attached hydrogens (tertiary/aromatic N) is 3. The van der Waals surface area contributed by atoms with E-state index in [1.54, 1.807) is 13.1 Å². The maximum atomic E-state index is 12.2. The Morgan fingerprint density at radius 1 is 1.55 bits per heavy atom. The van der Waals surface area contributed by atoms with Gasteiger partial charge >= 0.3 is 0 Å². The summed E-state index contributed by atoms with van der Waals surface area (Å²) in [5, 5.41) is 3.06. The number of carbonyl (C=O) groups is 1. The molecule has 1 atom stereocenters. The monoisotopic (exact) mass is 300 g/mol. The van der Waals surface area contributed by atoms with Crippen molar-refractivity contribution >= 4 is 5.91 Å². The summed E-state index contributed by atoms with van der Waals surface area (Å²) in [5.74, 6) is 0.403. The zero-order valence-corrected chi connectivity index (χ0v) is 12.7. The van der Waals surface area contributed by atoms with Crippen LogP contribution in [-0.4, -0.2) is 39.9 Å².